The molecule has 0 radical (unpaired) electrons. The number of ether oxygens (including phenoxy) is 2. The summed E-state index contributed by atoms with van der Waals surface area (Å²) in [5, 5.41) is 9.15. The number of amides is 1. The van der Waals surface area contributed by atoms with E-state index in [2.05, 4.69) is 15.5 Å². The second-order valence-corrected chi connectivity index (χ2v) is 4.09. The standard InChI is InChI=1S/C13H16N4O3/c1-19-10-3-8(4-11(5-10)20-2)13(18)15-6-9-7-16-17-12(9)14/h3-5,7H,6H2,1-2H3,(H,15,18)(H3,14,16,17). The second-order valence-electron chi connectivity index (χ2n) is 4.09. The van der Waals surface area contributed by atoms with Gasteiger partial charge in [0.2, 0.25) is 0 Å². The first-order chi connectivity index (χ1) is 9.63. The summed E-state index contributed by atoms with van der Waals surface area (Å²) in [6, 6.07) is 4.97. The summed E-state index contributed by atoms with van der Waals surface area (Å²) >= 11 is 0. The number of nitrogens with one attached hydrogen (secondary N) is 2. The number of aromatic nitrogens is 2. The summed E-state index contributed by atoms with van der Waals surface area (Å²) in [7, 11) is 3.06. The van der Waals surface area contributed by atoms with Gasteiger partial charge in [-0.05, 0) is 12.1 Å². The molecule has 20 heavy (non-hydrogen) atoms. The number of hydrogen-bond acceptors (Lipinski definition) is 5. The third-order valence-electron chi connectivity index (χ3n) is 2.80. The van der Waals surface area contributed by atoms with Crippen molar-refractivity contribution in [1.29, 1.82) is 0 Å². The number of methoxy groups -OCH3 is 2. The maximum absolute atomic E-state index is 12.1. The number of rotatable bonds is 5. The van der Waals surface area contributed by atoms with E-state index in [9.17, 15) is 4.79 Å². The van der Waals surface area contributed by atoms with Gasteiger partial charge in [-0.25, -0.2) is 0 Å². The zero-order valence-corrected chi connectivity index (χ0v) is 11.3. The first-order valence-corrected chi connectivity index (χ1v) is 5.93. The van der Waals surface area contributed by atoms with Crippen LogP contribution in [0.5, 0.6) is 11.5 Å². The Labute approximate surface area is 116 Å². The Bertz CT molecular complexity index is 587. The maximum Gasteiger partial charge on any atom is 0.251 e. The Hall–Kier alpha value is -2.70. The normalized spacial score (nSPS) is 10.1. The Morgan fingerprint density at radius 3 is 2.45 bits per heavy atom. The van der Waals surface area contributed by atoms with Crippen LogP contribution in [0.15, 0.2) is 24.4 Å². The highest BCUT2D eigenvalue weighted by atomic mass is 16.5. The smallest absolute Gasteiger partial charge is 0.251 e. The van der Waals surface area contributed by atoms with Crippen molar-refractivity contribution in [3.05, 3.63) is 35.5 Å². The molecule has 1 amide bonds. The zero-order valence-electron chi connectivity index (χ0n) is 11.3. The van der Waals surface area contributed by atoms with Gasteiger partial charge in [0.15, 0.2) is 0 Å². The van der Waals surface area contributed by atoms with Gasteiger partial charge in [0.05, 0.1) is 20.4 Å². The van der Waals surface area contributed by atoms with Crippen molar-refractivity contribution in [1.82, 2.24) is 15.5 Å². The summed E-state index contributed by atoms with van der Waals surface area (Å²) in [5.74, 6) is 1.30. The van der Waals surface area contributed by atoms with E-state index in [-0.39, 0.29) is 5.91 Å². The van der Waals surface area contributed by atoms with Gasteiger partial charge < -0.3 is 20.5 Å². The number of nitrogens with zero attached hydrogens (tertiary/aromatic N) is 1. The summed E-state index contributed by atoms with van der Waals surface area (Å²) in [5.41, 5.74) is 6.82. The van der Waals surface area contributed by atoms with Crippen LogP contribution >= 0.6 is 0 Å². The third kappa shape index (κ3) is 3.00. The van der Waals surface area contributed by atoms with E-state index in [4.69, 9.17) is 15.2 Å². The largest absolute Gasteiger partial charge is 0.497 e. The van der Waals surface area contributed by atoms with Gasteiger partial charge in [0, 0.05) is 23.7 Å². The third-order valence-corrected chi connectivity index (χ3v) is 2.80. The Morgan fingerprint density at radius 2 is 1.95 bits per heavy atom. The molecule has 2 rings (SSSR count). The number of nitrogen functional groups attached to an aromatic ring is 1. The van der Waals surface area contributed by atoms with Crippen molar-refractivity contribution in [2.45, 2.75) is 6.54 Å². The number of hydrogen-bond donors (Lipinski definition) is 3. The monoisotopic (exact) mass is 276 g/mol. The SMILES string of the molecule is COc1cc(OC)cc(C(=O)NCc2cn[nH]c2N)c1. The van der Waals surface area contributed by atoms with E-state index < -0.39 is 0 Å². The average molecular weight is 276 g/mol. The molecule has 0 atom stereocenters. The molecule has 1 heterocycles. The molecule has 0 aliphatic rings. The molecule has 0 aliphatic heterocycles. The number of benzene rings is 1. The van der Waals surface area contributed by atoms with E-state index in [1.807, 2.05) is 0 Å². The molecule has 0 aliphatic carbocycles. The molecule has 0 spiro atoms. The van der Waals surface area contributed by atoms with Crippen LogP contribution < -0.4 is 20.5 Å². The highest BCUT2D eigenvalue weighted by Crippen LogP contribution is 2.22. The molecular formula is C13H16N4O3. The van der Waals surface area contributed by atoms with Crippen molar-refractivity contribution in [3.63, 3.8) is 0 Å². The second kappa shape index (κ2) is 5.96. The van der Waals surface area contributed by atoms with E-state index in [0.717, 1.165) is 5.56 Å². The van der Waals surface area contributed by atoms with Gasteiger partial charge in [0.1, 0.15) is 17.3 Å². The highest BCUT2D eigenvalue weighted by molar-refractivity contribution is 5.95. The minimum absolute atomic E-state index is 0.247. The molecule has 2 aromatic rings. The van der Waals surface area contributed by atoms with Crippen molar-refractivity contribution in [2.75, 3.05) is 20.0 Å². The molecule has 0 unspecified atom stereocenters. The topological polar surface area (TPSA) is 102 Å². The van der Waals surface area contributed by atoms with Crippen LogP contribution in [0.2, 0.25) is 0 Å². The number of carbonyl (C=O) groups excluding carboxylic acids is 1. The lowest BCUT2D eigenvalue weighted by molar-refractivity contribution is 0.0950. The molecule has 0 fully saturated rings. The minimum atomic E-state index is -0.247. The van der Waals surface area contributed by atoms with Gasteiger partial charge in [-0.15, -0.1) is 0 Å². The van der Waals surface area contributed by atoms with E-state index in [1.165, 1.54) is 14.2 Å². The van der Waals surface area contributed by atoms with Crippen LogP contribution in [-0.4, -0.2) is 30.3 Å². The number of H-pyrrole nitrogens is 1. The number of nitrogens with two attached hydrogens (primary N) is 1. The zero-order chi connectivity index (χ0) is 14.5. The van der Waals surface area contributed by atoms with Crippen LogP contribution in [-0.2, 0) is 6.54 Å². The van der Waals surface area contributed by atoms with Crippen LogP contribution in [0, 0.1) is 0 Å². The summed E-state index contributed by atoms with van der Waals surface area (Å²) < 4.78 is 10.2. The van der Waals surface area contributed by atoms with Crippen LogP contribution in [0.4, 0.5) is 5.82 Å². The predicted molar refractivity (Wildman–Crippen MR) is 73.7 cm³/mol. The fraction of sp³-hybridized carbons (Fsp3) is 0.231. The molecule has 4 N–H and O–H groups in total. The average Bonchev–Trinajstić information content (AvgIpc) is 2.89. The molecule has 0 saturated carbocycles. The summed E-state index contributed by atoms with van der Waals surface area (Å²) in [4.78, 5) is 12.1. The van der Waals surface area contributed by atoms with Gasteiger partial charge in [-0.1, -0.05) is 0 Å². The quantitative estimate of drug-likeness (QED) is 0.754. The Kier molecular flexibility index (Phi) is 4.09. The van der Waals surface area contributed by atoms with Gasteiger partial charge in [0.25, 0.3) is 5.91 Å². The van der Waals surface area contributed by atoms with Gasteiger partial charge in [-0.3, -0.25) is 9.89 Å². The first-order valence-electron chi connectivity index (χ1n) is 5.93. The maximum atomic E-state index is 12.1. The van der Waals surface area contributed by atoms with Crippen molar-refractivity contribution < 1.29 is 14.3 Å². The first kappa shape index (κ1) is 13.7. The minimum Gasteiger partial charge on any atom is -0.497 e. The van der Waals surface area contributed by atoms with Crippen molar-refractivity contribution in [3.8, 4) is 11.5 Å². The molecule has 106 valence electrons. The molecule has 0 saturated heterocycles. The van der Waals surface area contributed by atoms with Crippen molar-refractivity contribution >= 4 is 11.7 Å². The lowest BCUT2D eigenvalue weighted by Crippen LogP contribution is -2.23. The van der Waals surface area contributed by atoms with Crippen molar-refractivity contribution in [2.24, 2.45) is 0 Å². The molecule has 1 aromatic carbocycles. The predicted octanol–water partition coefficient (Wildman–Crippen LogP) is 0.939. The molecular weight excluding hydrogens is 260 g/mol. The van der Waals surface area contributed by atoms with E-state index in [0.29, 0.717) is 29.4 Å². The lowest BCUT2D eigenvalue weighted by atomic mass is 10.2. The number of carbonyl (C=O) groups is 1. The molecule has 0 bridgehead atoms. The lowest BCUT2D eigenvalue weighted by Gasteiger charge is -2.09. The Balaban J connectivity index is 2.10. The highest BCUT2D eigenvalue weighted by Gasteiger charge is 2.10. The van der Waals surface area contributed by atoms with E-state index in [1.54, 1.807) is 24.4 Å². The summed E-state index contributed by atoms with van der Waals surface area (Å²) in [6.45, 7) is 0.292. The fourth-order valence-corrected chi connectivity index (χ4v) is 1.68. The number of anilines is 1. The summed E-state index contributed by atoms with van der Waals surface area (Å²) in [6.07, 6.45) is 1.57. The van der Waals surface area contributed by atoms with Gasteiger partial charge >= 0.3 is 0 Å². The van der Waals surface area contributed by atoms with Crippen LogP contribution in [0.1, 0.15) is 15.9 Å². The number of aromatic amines is 1. The van der Waals surface area contributed by atoms with Crippen LogP contribution in [0.25, 0.3) is 0 Å². The molecule has 7 heteroatoms. The molecule has 1 aromatic heterocycles. The molecule has 7 nitrogen and oxygen atoms in total. The fourth-order valence-electron chi connectivity index (χ4n) is 1.68. The Morgan fingerprint density at radius 1 is 1.30 bits per heavy atom. The van der Waals surface area contributed by atoms with Gasteiger partial charge in [-0.2, -0.15) is 5.10 Å². The van der Waals surface area contributed by atoms with E-state index >= 15 is 0 Å². The van der Waals surface area contributed by atoms with Crippen LogP contribution in [0.3, 0.4) is 0 Å².